The molecule has 2 saturated heterocycles. The zero-order chi connectivity index (χ0) is 29.3. The molecular formula is C25H44N4O9. The molecule has 0 aromatic carbocycles. The van der Waals surface area contributed by atoms with Gasteiger partial charge in [0, 0.05) is 12.5 Å². The van der Waals surface area contributed by atoms with Crippen molar-refractivity contribution in [2.75, 3.05) is 13.2 Å². The standard InChI is InChI=1S/C25H44N4O9/c1-22(2,3)36-19(31)27-18(28-20(32)37-23(4,5)6)26-17-16-15(34-25(10,11)35-16)14(13-30)12-29(17)21(33)38-24(7,8)9/h14-17,30H,12-13H2,1-11H3,(H2,26,27,28,31,32)/t14-,15+,16+,17+/m1/s1. The smallest absolute Gasteiger partial charge is 0.414 e. The lowest BCUT2D eigenvalue weighted by molar-refractivity contribution is -0.150. The van der Waals surface area contributed by atoms with Crippen LogP contribution in [0.5, 0.6) is 0 Å². The number of hydrogen-bond donors (Lipinski definition) is 3. The molecule has 13 heteroatoms. The number of rotatable bonds is 2. The van der Waals surface area contributed by atoms with Crippen LogP contribution in [0.1, 0.15) is 76.2 Å². The lowest BCUT2D eigenvalue weighted by Gasteiger charge is -2.42. The molecule has 0 aromatic heterocycles. The molecule has 218 valence electrons. The van der Waals surface area contributed by atoms with Crippen molar-refractivity contribution >= 4 is 24.2 Å². The average molecular weight is 545 g/mol. The van der Waals surface area contributed by atoms with Gasteiger partial charge in [0.1, 0.15) is 22.9 Å². The summed E-state index contributed by atoms with van der Waals surface area (Å²) >= 11 is 0. The third-order valence-electron chi connectivity index (χ3n) is 5.04. The number of aliphatic imine (C=N–C) groups is 1. The number of ether oxygens (including phenoxy) is 5. The summed E-state index contributed by atoms with van der Waals surface area (Å²) in [7, 11) is 0. The molecule has 2 heterocycles. The van der Waals surface area contributed by atoms with Gasteiger partial charge in [-0.1, -0.05) is 0 Å². The van der Waals surface area contributed by atoms with Crippen molar-refractivity contribution in [2.24, 2.45) is 10.9 Å². The van der Waals surface area contributed by atoms with E-state index < -0.39 is 65.2 Å². The third-order valence-corrected chi connectivity index (χ3v) is 5.04. The number of fused-ring (bicyclic) bond motifs is 1. The highest BCUT2D eigenvalue weighted by molar-refractivity contribution is 6.01. The highest BCUT2D eigenvalue weighted by atomic mass is 16.8. The lowest BCUT2D eigenvalue weighted by Crippen LogP contribution is -2.61. The molecule has 0 bridgehead atoms. The summed E-state index contributed by atoms with van der Waals surface area (Å²) in [5.74, 6) is -1.87. The van der Waals surface area contributed by atoms with E-state index >= 15 is 0 Å². The van der Waals surface area contributed by atoms with E-state index in [0.29, 0.717) is 0 Å². The van der Waals surface area contributed by atoms with E-state index in [-0.39, 0.29) is 19.1 Å². The Morgan fingerprint density at radius 3 is 1.74 bits per heavy atom. The van der Waals surface area contributed by atoms with Gasteiger partial charge in [0.15, 0.2) is 12.0 Å². The molecule has 0 radical (unpaired) electrons. The van der Waals surface area contributed by atoms with Gasteiger partial charge in [0.2, 0.25) is 5.96 Å². The van der Waals surface area contributed by atoms with Crippen molar-refractivity contribution in [1.82, 2.24) is 15.5 Å². The van der Waals surface area contributed by atoms with Crippen molar-refractivity contribution in [3.63, 3.8) is 0 Å². The molecule has 0 unspecified atom stereocenters. The molecule has 2 rings (SSSR count). The number of nitrogens with one attached hydrogen (secondary N) is 2. The Morgan fingerprint density at radius 2 is 1.32 bits per heavy atom. The number of piperidine rings is 1. The molecule has 13 nitrogen and oxygen atoms in total. The number of hydrogen-bond acceptors (Lipinski definition) is 10. The van der Waals surface area contributed by atoms with Crippen LogP contribution in [0.25, 0.3) is 0 Å². The van der Waals surface area contributed by atoms with Crippen LogP contribution in [-0.2, 0) is 23.7 Å². The number of alkyl carbamates (subject to hydrolysis) is 2. The fraction of sp³-hybridized carbons (Fsp3) is 0.840. The summed E-state index contributed by atoms with van der Waals surface area (Å²) in [6, 6.07) is 0. The fourth-order valence-corrected chi connectivity index (χ4v) is 3.89. The highest BCUT2D eigenvalue weighted by Gasteiger charge is 2.55. The first kappa shape index (κ1) is 31.6. The number of amides is 3. The van der Waals surface area contributed by atoms with Crippen molar-refractivity contribution in [3.8, 4) is 0 Å². The minimum atomic E-state index is -1.11. The molecule has 2 aliphatic heterocycles. The van der Waals surface area contributed by atoms with Gasteiger partial charge in [0.05, 0.1) is 12.7 Å². The van der Waals surface area contributed by atoms with Crippen LogP contribution in [0.3, 0.4) is 0 Å². The van der Waals surface area contributed by atoms with Gasteiger partial charge in [-0.05, 0) is 76.2 Å². The van der Waals surface area contributed by atoms with Crippen LogP contribution < -0.4 is 10.6 Å². The van der Waals surface area contributed by atoms with Gasteiger partial charge in [-0.2, -0.15) is 0 Å². The summed E-state index contributed by atoms with van der Waals surface area (Å²) in [6.45, 7) is 18.4. The van der Waals surface area contributed by atoms with E-state index in [1.54, 1.807) is 76.2 Å². The maximum Gasteiger partial charge on any atom is 0.414 e. The summed E-state index contributed by atoms with van der Waals surface area (Å²) < 4.78 is 28.4. The molecule has 3 N–H and O–H groups in total. The molecule has 0 saturated carbocycles. The number of carbonyl (C=O) groups excluding carboxylic acids is 3. The zero-order valence-corrected chi connectivity index (χ0v) is 24.3. The van der Waals surface area contributed by atoms with Gasteiger partial charge in [-0.15, -0.1) is 0 Å². The molecule has 0 spiro atoms. The molecule has 0 aromatic rings. The topological polar surface area (TPSA) is 157 Å². The average Bonchev–Trinajstić information content (AvgIpc) is 2.98. The molecule has 0 aliphatic carbocycles. The summed E-state index contributed by atoms with van der Waals surface area (Å²) in [5.41, 5.74) is -2.49. The normalized spacial score (nSPS) is 25.1. The van der Waals surface area contributed by atoms with Crippen molar-refractivity contribution in [1.29, 1.82) is 0 Å². The largest absolute Gasteiger partial charge is 0.444 e. The van der Waals surface area contributed by atoms with Crippen molar-refractivity contribution < 1.29 is 43.2 Å². The first-order valence-corrected chi connectivity index (χ1v) is 12.6. The Labute approximate surface area is 224 Å². The van der Waals surface area contributed by atoms with E-state index in [1.807, 2.05) is 0 Å². The maximum atomic E-state index is 13.3. The summed E-state index contributed by atoms with van der Waals surface area (Å²) in [6.07, 6.45) is -5.10. The molecule has 38 heavy (non-hydrogen) atoms. The van der Waals surface area contributed by atoms with E-state index in [2.05, 4.69) is 15.6 Å². The van der Waals surface area contributed by atoms with E-state index in [1.165, 1.54) is 4.90 Å². The predicted molar refractivity (Wildman–Crippen MR) is 137 cm³/mol. The maximum absolute atomic E-state index is 13.3. The van der Waals surface area contributed by atoms with E-state index in [0.717, 1.165) is 0 Å². The SMILES string of the molecule is CC(C)(C)OC(=O)NC(=N[C@@H]1[C@H]2OC(C)(C)O[C@H]2[C@@H](CO)CN1C(=O)OC(C)(C)C)NC(=O)OC(C)(C)C. The molecular weight excluding hydrogens is 500 g/mol. The summed E-state index contributed by atoms with van der Waals surface area (Å²) in [4.78, 5) is 44.3. The van der Waals surface area contributed by atoms with Gasteiger partial charge in [-0.3, -0.25) is 15.5 Å². The molecule has 3 amide bonds. The fourth-order valence-electron chi connectivity index (χ4n) is 3.89. The number of aliphatic hydroxyl groups is 1. The number of aliphatic hydroxyl groups excluding tert-OH is 1. The third kappa shape index (κ3) is 9.59. The van der Waals surface area contributed by atoms with Crippen LogP contribution >= 0.6 is 0 Å². The van der Waals surface area contributed by atoms with E-state index in [4.69, 9.17) is 23.7 Å². The second-order valence-electron chi connectivity index (χ2n) is 12.8. The van der Waals surface area contributed by atoms with Gasteiger partial charge in [-0.25, -0.2) is 19.4 Å². The second-order valence-corrected chi connectivity index (χ2v) is 12.8. The van der Waals surface area contributed by atoms with Gasteiger partial charge >= 0.3 is 18.3 Å². The number of likely N-dealkylation sites (tertiary alicyclic amines) is 1. The van der Waals surface area contributed by atoms with E-state index in [9.17, 15) is 19.5 Å². The number of carbonyl (C=O) groups is 3. The Hall–Kier alpha value is -2.64. The zero-order valence-electron chi connectivity index (χ0n) is 24.3. The predicted octanol–water partition coefficient (Wildman–Crippen LogP) is 3.10. The second kappa shape index (κ2) is 11.2. The molecule has 2 fully saturated rings. The van der Waals surface area contributed by atoms with Crippen LogP contribution in [0.2, 0.25) is 0 Å². The monoisotopic (exact) mass is 544 g/mol. The van der Waals surface area contributed by atoms with Crippen LogP contribution in [0, 0.1) is 5.92 Å². The number of nitrogens with zero attached hydrogens (tertiary/aromatic N) is 2. The highest BCUT2D eigenvalue weighted by Crippen LogP contribution is 2.39. The Balaban J connectivity index is 2.53. The van der Waals surface area contributed by atoms with Crippen molar-refractivity contribution in [2.45, 2.75) is 117 Å². The lowest BCUT2D eigenvalue weighted by atomic mass is 9.91. The quantitative estimate of drug-likeness (QED) is 0.270. The van der Waals surface area contributed by atoms with Crippen molar-refractivity contribution in [3.05, 3.63) is 0 Å². The van der Waals surface area contributed by atoms with Crippen LogP contribution in [0.4, 0.5) is 14.4 Å². The van der Waals surface area contributed by atoms with Crippen LogP contribution in [-0.4, -0.2) is 88.4 Å². The molecule has 4 atom stereocenters. The Kier molecular flexibility index (Phi) is 9.33. The minimum Gasteiger partial charge on any atom is -0.444 e. The van der Waals surface area contributed by atoms with Gasteiger partial charge < -0.3 is 28.8 Å². The Bertz CT molecular complexity index is 883. The van der Waals surface area contributed by atoms with Crippen LogP contribution in [0.15, 0.2) is 4.99 Å². The Morgan fingerprint density at radius 1 is 0.868 bits per heavy atom. The first-order valence-electron chi connectivity index (χ1n) is 12.6. The first-order chi connectivity index (χ1) is 17.1. The summed E-state index contributed by atoms with van der Waals surface area (Å²) in [5, 5.41) is 14.9. The minimum absolute atomic E-state index is 0.0202. The molecule has 2 aliphatic rings. The van der Waals surface area contributed by atoms with Gasteiger partial charge in [0.25, 0.3) is 0 Å². The number of guanidine groups is 1.